The van der Waals surface area contributed by atoms with Gasteiger partial charge in [-0.15, -0.1) is 0 Å². The zero-order chi connectivity index (χ0) is 15.6. The Labute approximate surface area is 135 Å². The van der Waals surface area contributed by atoms with Gasteiger partial charge < -0.3 is 5.11 Å². The molecule has 0 aliphatic rings. The van der Waals surface area contributed by atoms with Gasteiger partial charge in [0.15, 0.2) is 0 Å². The lowest BCUT2D eigenvalue weighted by atomic mass is 9.91. The molecule has 0 spiro atoms. The summed E-state index contributed by atoms with van der Waals surface area (Å²) in [5.41, 5.74) is 4.21. The summed E-state index contributed by atoms with van der Waals surface area (Å²) in [6.45, 7) is 0. The predicted molar refractivity (Wildman–Crippen MR) is 96.5 cm³/mol. The van der Waals surface area contributed by atoms with Crippen molar-refractivity contribution in [2.75, 3.05) is 0 Å². The van der Waals surface area contributed by atoms with Crippen LogP contribution in [-0.4, -0.2) is 5.11 Å². The number of fused-ring (bicyclic) bond motifs is 1. The van der Waals surface area contributed by atoms with E-state index in [1.165, 1.54) is 0 Å². The molecule has 0 bridgehead atoms. The van der Waals surface area contributed by atoms with Crippen LogP contribution in [0.15, 0.2) is 91.0 Å². The largest absolute Gasteiger partial charge is 0.507 e. The van der Waals surface area contributed by atoms with Gasteiger partial charge in [0.25, 0.3) is 0 Å². The van der Waals surface area contributed by atoms with Crippen LogP contribution in [0.1, 0.15) is 0 Å². The van der Waals surface area contributed by atoms with E-state index >= 15 is 0 Å². The van der Waals surface area contributed by atoms with Gasteiger partial charge in [-0.2, -0.15) is 0 Å². The fraction of sp³-hybridized carbons (Fsp3) is 0. The lowest BCUT2D eigenvalue weighted by Gasteiger charge is -2.14. The first-order valence-corrected chi connectivity index (χ1v) is 7.70. The third-order valence-electron chi connectivity index (χ3n) is 4.19. The molecule has 4 aromatic rings. The molecule has 1 heteroatoms. The minimum atomic E-state index is 0.312. The van der Waals surface area contributed by atoms with Gasteiger partial charge in [-0.05, 0) is 33.5 Å². The van der Waals surface area contributed by atoms with Crippen molar-refractivity contribution in [1.29, 1.82) is 0 Å². The van der Waals surface area contributed by atoms with Crippen LogP contribution in [0.25, 0.3) is 33.0 Å². The van der Waals surface area contributed by atoms with E-state index in [4.69, 9.17) is 0 Å². The van der Waals surface area contributed by atoms with Crippen molar-refractivity contribution in [3.8, 4) is 28.0 Å². The summed E-state index contributed by atoms with van der Waals surface area (Å²) >= 11 is 0. The van der Waals surface area contributed by atoms with E-state index in [2.05, 4.69) is 36.4 Å². The van der Waals surface area contributed by atoms with Gasteiger partial charge in [-0.1, -0.05) is 84.9 Å². The monoisotopic (exact) mass is 296 g/mol. The van der Waals surface area contributed by atoms with Crippen molar-refractivity contribution < 1.29 is 5.11 Å². The highest BCUT2D eigenvalue weighted by atomic mass is 16.3. The van der Waals surface area contributed by atoms with Gasteiger partial charge in [0, 0.05) is 5.56 Å². The molecule has 4 aromatic carbocycles. The number of phenolic OH excluding ortho intramolecular Hbond substituents is 1. The number of rotatable bonds is 2. The maximum Gasteiger partial charge on any atom is 0.124 e. The molecule has 0 aromatic heterocycles. The third-order valence-corrected chi connectivity index (χ3v) is 4.19. The van der Waals surface area contributed by atoms with Gasteiger partial charge in [0.2, 0.25) is 0 Å². The summed E-state index contributed by atoms with van der Waals surface area (Å²) in [5.74, 6) is 0.312. The summed E-state index contributed by atoms with van der Waals surface area (Å²) in [7, 11) is 0. The van der Waals surface area contributed by atoms with Crippen molar-refractivity contribution in [2.24, 2.45) is 0 Å². The molecule has 0 radical (unpaired) electrons. The number of benzene rings is 4. The Bertz CT molecular complexity index is 971. The summed E-state index contributed by atoms with van der Waals surface area (Å²) < 4.78 is 0. The average molecular weight is 296 g/mol. The van der Waals surface area contributed by atoms with Crippen LogP contribution >= 0.6 is 0 Å². The Balaban J connectivity index is 2.05. The molecular formula is C22H16O. The molecule has 110 valence electrons. The lowest BCUT2D eigenvalue weighted by molar-refractivity contribution is 0.478. The molecule has 0 aliphatic carbocycles. The first-order chi connectivity index (χ1) is 11.3. The van der Waals surface area contributed by atoms with Gasteiger partial charge >= 0.3 is 0 Å². The Kier molecular flexibility index (Phi) is 3.32. The van der Waals surface area contributed by atoms with Gasteiger partial charge in [-0.3, -0.25) is 0 Å². The predicted octanol–water partition coefficient (Wildman–Crippen LogP) is 5.88. The molecule has 0 heterocycles. The minimum absolute atomic E-state index is 0.312. The zero-order valence-electron chi connectivity index (χ0n) is 12.6. The molecule has 0 saturated carbocycles. The molecule has 1 N–H and O–H groups in total. The van der Waals surface area contributed by atoms with E-state index in [0.717, 1.165) is 33.0 Å². The van der Waals surface area contributed by atoms with Crippen LogP contribution in [0.3, 0.4) is 0 Å². The second-order valence-electron chi connectivity index (χ2n) is 5.59. The molecular weight excluding hydrogens is 280 g/mol. The van der Waals surface area contributed by atoms with Crippen molar-refractivity contribution >= 4 is 10.8 Å². The Hall–Kier alpha value is -3.06. The number of aromatic hydroxyl groups is 1. The van der Waals surface area contributed by atoms with Crippen molar-refractivity contribution in [1.82, 2.24) is 0 Å². The van der Waals surface area contributed by atoms with Gasteiger partial charge in [0.1, 0.15) is 5.75 Å². The average Bonchev–Trinajstić information content (AvgIpc) is 2.62. The van der Waals surface area contributed by atoms with Crippen LogP contribution in [0.5, 0.6) is 5.75 Å². The summed E-state index contributed by atoms with van der Waals surface area (Å²) in [6.07, 6.45) is 0. The van der Waals surface area contributed by atoms with E-state index in [-0.39, 0.29) is 0 Å². The molecule has 0 atom stereocenters. The maximum absolute atomic E-state index is 10.5. The van der Waals surface area contributed by atoms with E-state index in [1.54, 1.807) is 6.07 Å². The zero-order valence-corrected chi connectivity index (χ0v) is 12.6. The Morgan fingerprint density at radius 1 is 0.522 bits per heavy atom. The fourth-order valence-electron chi connectivity index (χ4n) is 3.11. The highest BCUT2D eigenvalue weighted by Gasteiger charge is 2.13. The van der Waals surface area contributed by atoms with Crippen molar-refractivity contribution in [2.45, 2.75) is 0 Å². The second kappa shape index (κ2) is 5.62. The second-order valence-corrected chi connectivity index (χ2v) is 5.59. The molecule has 0 aliphatic heterocycles. The number of hydrogen-bond donors (Lipinski definition) is 1. The highest BCUT2D eigenvalue weighted by molar-refractivity contribution is 6.03. The summed E-state index contributed by atoms with van der Waals surface area (Å²) in [5, 5.41) is 12.7. The van der Waals surface area contributed by atoms with Crippen molar-refractivity contribution in [3.63, 3.8) is 0 Å². The first kappa shape index (κ1) is 13.6. The summed E-state index contributed by atoms with van der Waals surface area (Å²) in [6, 6.07) is 30.4. The summed E-state index contributed by atoms with van der Waals surface area (Å²) in [4.78, 5) is 0. The van der Waals surface area contributed by atoms with Crippen LogP contribution in [-0.2, 0) is 0 Å². The molecule has 0 saturated heterocycles. The van der Waals surface area contributed by atoms with Crippen LogP contribution < -0.4 is 0 Å². The molecule has 1 nitrogen and oxygen atoms in total. The van der Waals surface area contributed by atoms with E-state index in [1.807, 2.05) is 48.5 Å². The smallest absolute Gasteiger partial charge is 0.124 e. The quantitative estimate of drug-likeness (QED) is 0.490. The first-order valence-electron chi connectivity index (χ1n) is 7.70. The topological polar surface area (TPSA) is 20.2 Å². The van der Waals surface area contributed by atoms with Crippen LogP contribution in [0.2, 0.25) is 0 Å². The Morgan fingerprint density at radius 2 is 1.17 bits per heavy atom. The number of phenols is 1. The van der Waals surface area contributed by atoms with Gasteiger partial charge in [0.05, 0.1) is 0 Å². The number of hydrogen-bond acceptors (Lipinski definition) is 1. The normalized spacial score (nSPS) is 10.8. The molecule has 0 unspecified atom stereocenters. The fourth-order valence-corrected chi connectivity index (χ4v) is 3.11. The van der Waals surface area contributed by atoms with Crippen LogP contribution in [0.4, 0.5) is 0 Å². The minimum Gasteiger partial charge on any atom is -0.507 e. The molecule has 0 fully saturated rings. The molecule has 23 heavy (non-hydrogen) atoms. The highest BCUT2D eigenvalue weighted by Crippen LogP contribution is 2.41. The van der Waals surface area contributed by atoms with E-state index < -0.39 is 0 Å². The standard InChI is InChI=1S/C22H16O/c23-21-15-14-17-10-4-5-12-19(17)22(21)20-13-7-6-11-18(20)16-8-2-1-3-9-16/h1-15,23H. The SMILES string of the molecule is Oc1ccc2ccccc2c1-c1ccccc1-c1ccccc1. The molecule has 4 rings (SSSR count). The third kappa shape index (κ3) is 2.36. The lowest BCUT2D eigenvalue weighted by Crippen LogP contribution is -1.87. The van der Waals surface area contributed by atoms with Crippen molar-refractivity contribution in [3.05, 3.63) is 91.0 Å². The Morgan fingerprint density at radius 3 is 2.00 bits per heavy atom. The van der Waals surface area contributed by atoms with Gasteiger partial charge in [-0.25, -0.2) is 0 Å². The van der Waals surface area contributed by atoms with E-state index in [0.29, 0.717) is 5.75 Å². The van der Waals surface area contributed by atoms with E-state index in [9.17, 15) is 5.11 Å². The van der Waals surface area contributed by atoms with Crippen LogP contribution in [0, 0.1) is 0 Å². The molecule has 0 amide bonds. The maximum atomic E-state index is 10.5.